The van der Waals surface area contributed by atoms with Gasteiger partial charge in [0.2, 0.25) is 0 Å². The van der Waals surface area contributed by atoms with Crippen LogP contribution < -0.4 is 26.8 Å². The number of anilines is 6. The zero-order valence-electron chi connectivity index (χ0n) is 22.7. The molecule has 8 heteroatoms. The maximum Gasteiger partial charge on any atom is 0.198 e. The molecule has 0 saturated heterocycles. The fourth-order valence-corrected chi connectivity index (χ4v) is 5.19. The number of nitrogens with two attached hydrogens (primary N) is 2. The van der Waals surface area contributed by atoms with Crippen LogP contribution in [0.1, 0.15) is 62.7 Å². The fraction of sp³-hybridized carbons (Fsp3) is 0.188. The van der Waals surface area contributed by atoms with Crippen LogP contribution in [-0.2, 0) is 0 Å². The molecule has 0 unspecified atom stereocenters. The number of benzene rings is 4. The number of ether oxygens (including phenoxy) is 1. The second-order valence-corrected chi connectivity index (χ2v) is 10.9. The van der Waals surface area contributed by atoms with E-state index in [1.165, 1.54) is 0 Å². The maximum atomic E-state index is 14.3. The lowest BCUT2D eigenvalue weighted by atomic mass is 9.80. The van der Waals surface area contributed by atoms with Gasteiger partial charge >= 0.3 is 0 Å². The molecule has 4 aromatic rings. The molecule has 204 valence electrons. The largest absolute Gasteiger partial charge is 0.491 e. The Kier molecular flexibility index (Phi) is 7.54. The van der Waals surface area contributed by atoms with Gasteiger partial charge in [0.05, 0.1) is 51.6 Å². The number of carbonyl (C=O) groups is 2. The zero-order chi connectivity index (χ0) is 28.6. The Labute approximate surface area is 242 Å². The number of rotatable bonds is 8. The van der Waals surface area contributed by atoms with E-state index in [9.17, 15) is 9.59 Å². The third-order valence-electron chi connectivity index (χ3n) is 6.97. The van der Waals surface area contributed by atoms with E-state index in [2.05, 4.69) is 33.5 Å². The Morgan fingerprint density at radius 1 is 0.725 bits per heavy atom. The minimum absolute atomic E-state index is 0.106. The lowest BCUT2D eigenvalue weighted by Gasteiger charge is -2.27. The van der Waals surface area contributed by atoms with Crippen molar-refractivity contribution in [3.8, 4) is 5.75 Å². The van der Waals surface area contributed by atoms with E-state index < -0.39 is 11.6 Å². The molecule has 1 aliphatic carbocycles. The third kappa shape index (κ3) is 5.02. The topological polar surface area (TPSA) is 119 Å². The average Bonchev–Trinajstić information content (AvgIpc) is 2.93. The van der Waals surface area contributed by atoms with Crippen molar-refractivity contribution in [2.24, 2.45) is 0 Å². The summed E-state index contributed by atoms with van der Waals surface area (Å²) in [7, 11) is 0. The first-order valence-corrected chi connectivity index (χ1v) is 14.0. The SMILES string of the molecule is CCCCOc1cc(Nc2ccc(C)cc2)c2c(c1N)C(=O)c1c(Nc3ccc(C)cc3)cc(Br)c(N)c1C2=O. The van der Waals surface area contributed by atoms with Gasteiger partial charge in [0.15, 0.2) is 11.6 Å². The lowest BCUT2D eigenvalue weighted by Crippen LogP contribution is -2.26. The molecule has 4 aromatic carbocycles. The number of hydrogen-bond acceptors (Lipinski definition) is 7. The molecule has 7 nitrogen and oxygen atoms in total. The molecular weight excluding hydrogens is 568 g/mol. The summed E-state index contributed by atoms with van der Waals surface area (Å²) >= 11 is 3.49. The number of ketones is 2. The molecule has 0 bridgehead atoms. The van der Waals surface area contributed by atoms with Crippen LogP contribution in [0.4, 0.5) is 34.1 Å². The molecule has 0 atom stereocenters. The second kappa shape index (κ2) is 11.1. The van der Waals surface area contributed by atoms with Crippen LogP contribution in [0.2, 0.25) is 0 Å². The molecule has 0 aliphatic heterocycles. The average molecular weight is 600 g/mol. The number of carbonyl (C=O) groups excluding carboxylic acids is 2. The van der Waals surface area contributed by atoms with Crippen LogP contribution >= 0.6 is 15.9 Å². The van der Waals surface area contributed by atoms with Crippen molar-refractivity contribution in [3.05, 3.63) is 98.5 Å². The molecule has 0 aromatic heterocycles. The normalized spacial score (nSPS) is 12.1. The number of nitrogen functional groups attached to an aromatic ring is 2. The smallest absolute Gasteiger partial charge is 0.198 e. The first kappa shape index (κ1) is 27.3. The number of fused-ring (bicyclic) bond motifs is 2. The van der Waals surface area contributed by atoms with Crippen LogP contribution in [0.25, 0.3) is 0 Å². The Morgan fingerprint density at radius 2 is 1.20 bits per heavy atom. The van der Waals surface area contributed by atoms with Gasteiger partial charge in [-0.1, -0.05) is 48.7 Å². The lowest BCUT2D eigenvalue weighted by molar-refractivity contribution is 0.0981. The van der Waals surface area contributed by atoms with E-state index in [1.807, 2.05) is 62.4 Å². The highest BCUT2D eigenvalue weighted by Crippen LogP contribution is 2.46. The van der Waals surface area contributed by atoms with Gasteiger partial charge < -0.3 is 26.8 Å². The zero-order valence-corrected chi connectivity index (χ0v) is 24.2. The molecule has 0 spiro atoms. The third-order valence-corrected chi connectivity index (χ3v) is 7.63. The summed E-state index contributed by atoms with van der Waals surface area (Å²) in [6.45, 7) is 6.49. The number of halogens is 1. The molecular formula is C32H31BrN4O3. The number of hydrogen-bond donors (Lipinski definition) is 4. The quantitative estimate of drug-likeness (QED) is 0.107. The Morgan fingerprint density at radius 3 is 1.70 bits per heavy atom. The molecule has 0 heterocycles. The van der Waals surface area contributed by atoms with Crippen LogP contribution in [-0.4, -0.2) is 18.2 Å². The number of unbranched alkanes of at least 4 members (excludes halogenated alkanes) is 1. The second-order valence-electron chi connectivity index (χ2n) is 10.00. The predicted molar refractivity (Wildman–Crippen MR) is 166 cm³/mol. The van der Waals surface area contributed by atoms with E-state index in [0.29, 0.717) is 28.2 Å². The van der Waals surface area contributed by atoms with Crippen molar-refractivity contribution in [1.82, 2.24) is 0 Å². The highest BCUT2D eigenvalue weighted by Gasteiger charge is 2.39. The number of aryl methyl sites for hydroxylation is 2. The summed E-state index contributed by atoms with van der Waals surface area (Å²) in [6, 6.07) is 18.9. The molecule has 40 heavy (non-hydrogen) atoms. The van der Waals surface area contributed by atoms with E-state index in [1.54, 1.807) is 12.1 Å². The van der Waals surface area contributed by atoms with Crippen LogP contribution in [0, 0.1) is 13.8 Å². The van der Waals surface area contributed by atoms with Crippen molar-refractivity contribution in [1.29, 1.82) is 0 Å². The molecule has 5 rings (SSSR count). The molecule has 1 aliphatic rings. The van der Waals surface area contributed by atoms with Crippen molar-refractivity contribution in [2.45, 2.75) is 33.6 Å². The van der Waals surface area contributed by atoms with Gasteiger partial charge in [-0.05, 0) is 66.5 Å². The van der Waals surface area contributed by atoms with Gasteiger partial charge in [0.1, 0.15) is 5.75 Å². The van der Waals surface area contributed by atoms with Crippen LogP contribution in [0.3, 0.4) is 0 Å². The molecule has 0 fully saturated rings. The minimum Gasteiger partial charge on any atom is -0.491 e. The highest BCUT2D eigenvalue weighted by molar-refractivity contribution is 9.10. The summed E-state index contributed by atoms with van der Waals surface area (Å²) in [5, 5.41) is 6.61. The summed E-state index contributed by atoms with van der Waals surface area (Å²) < 4.78 is 6.52. The Hall–Kier alpha value is -4.30. The van der Waals surface area contributed by atoms with Gasteiger partial charge in [-0.2, -0.15) is 0 Å². The van der Waals surface area contributed by atoms with E-state index in [0.717, 1.165) is 35.3 Å². The summed E-state index contributed by atoms with van der Waals surface area (Å²) in [6.07, 6.45) is 1.76. The van der Waals surface area contributed by atoms with Gasteiger partial charge in [0, 0.05) is 21.9 Å². The summed E-state index contributed by atoms with van der Waals surface area (Å²) in [5.74, 6) is -0.440. The van der Waals surface area contributed by atoms with Gasteiger partial charge in [-0.3, -0.25) is 9.59 Å². The van der Waals surface area contributed by atoms with Gasteiger partial charge in [-0.25, -0.2) is 0 Å². The van der Waals surface area contributed by atoms with Crippen molar-refractivity contribution in [2.75, 3.05) is 28.7 Å². The first-order chi connectivity index (χ1) is 19.2. The van der Waals surface area contributed by atoms with Crippen LogP contribution in [0.5, 0.6) is 5.75 Å². The Bertz CT molecular complexity index is 1630. The molecule has 0 saturated carbocycles. The standard InChI is InChI=1S/C32H31BrN4O3/c1-4-5-14-40-24-16-23(37-20-12-8-18(3)9-13-20)26-28(30(24)35)32(39)25-22(36-19-10-6-17(2)7-11-19)15-21(33)29(34)27(25)31(26)38/h6-13,15-16,36-37H,4-5,14,34-35H2,1-3H3. The van der Waals surface area contributed by atoms with Gasteiger partial charge in [-0.15, -0.1) is 0 Å². The van der Waals surface area contributed by atoms with E-state index >= 15 is 0 Å². The van der Waals surface area contributed by atoms with Crippen molar-refractivity contribution in [3.63, 3.8) is 0 Å². The first-order valence-electron chi connectivity index (χ1n) is 13.2. The van der Waals surface area contributed by atoms with E-state index in [4.69, 9.17) is 16.2 Å². The van der Waals surface area contributed by atoms with Gasteiger partial charge in [0.25, 0.3) is 0 Å². The Balaban J connectivity index is 1.70. The monoisotopic (exact) mass is 598 g/mol. The van der Waals surface area contributed by atoms with E-state index in [-0.39, 0.29) is 33.6 Å². The maximum absolute atomic E-state index is 14.3. The van der Waals surface area contributed by atoms with Crippen molar-refractivity contribution < 1.29 is 14.3 Å². The number of nitrogens with one attached hydrogen (secondary N) is 2. The predicted octanol–water partition coefficient (Wildman–Crippen LogP) is 7.67. The minimum atomic E-state index is -0.399. The molecule has 6 N–H and O–H groups in total. The summed E-state index contributed by atoms with van der Waals surface area (Å²) in [5.41, 5.74) is 18.5. The highest BCUT2D eigenvalue weighted by atomic mass is 79.9. The van der Waals surface area contributed by atoms with Crippen molar-refractivity contribution >= 4 is 61.6 Å². The summed E-state index contributed by atoms with van der Waals surface area (Å²) in [4.78, 5) is 28.6. The molecule has 0 amide bonds. The fourth-order valence-electron chi connectivity index (χ4n) is 4.76. The molecule has 0 radical (unpaired) electrons. The van der Waals surface area contributed by atoms with Crippen LogP contribution in [0.15, 0.2) is 65.1 Å².